The summed E-state index contributed by atoms with van der Waals surface area (Å²) in [6.45, 7) is 13.1. The molecule has 0 fully saturated rings. The van der Waals surface area contributed by atoms with Gasteiger partial charge in [0.25, 0.3) is 0 Å². The predicted octanol–water partition coefficient (Wildman–Crippen LogP) is 5.28. The first-order valence-electron chi connectivity index (χ1n) is 8.78. The Bertz CT molecular complexity index is 277. The van der Waals surface area contributed by atoms with Crippen LogP contribution in [-0.2, 0) is 9.28 Å². The zero-order valence-electron chi connectivity index (χ0n) is 15.0. The molecule has 3 nitrogen and oxygen atoms in total. The second-order valence-corrected chi connectivity index (χ2v) is 27.1. The molecule has 5 heteroatoms. The van der Waals surface area contributed by atoms with E-state index in [-0.39, 0.29) is 11.9 Å². The van der Waals surface area contributed by atoms with Crippen molar-refractivity contribution in [1.29, 1.82) is 0 Å². The van der Waals surface area contributed by atoms with Gasteiger partial charge in [0, 0.05) is 0 Å². The molecule has 0 N–H and O–H groups in total. The molecule has 1 radical (unpaired) electrons. The fourth-order valence-electron chi connectivity index (χ4n) is 2.42. The Hall–Kier alpha value is 1.03. The van der Waals surface area contributed by atoms with Gasteiger partial charge in [0.15, 0.2) is 0 Å². The fourth-order valence-corrected chi connectivity index (χ4v) is 32.8. The molecule has 0 aliphatic rings. The Labute approximate surface area is 144 Å². The van der Waals surface area contributed by atoms with Gasteiger partial charge in [0.2, 0.25) is 0 Å². The van der Waals surface area contributed by atoms with Gasteiger partial charge in [-0.25, -0.2) is 0 Å². The monoisotopic (exact) mass is 515 g/mol. The molecule has 0 aliphatic carbocycles. The van der Waals surface area contributed by atoms with Gasteiger partial charge in [-0.05, 0) is 0 Å². The maximum absolute atomic E-state index is 12.5. The molecule has 0 aromatic heterocycles. The van der Waals surface area contributed by atoms with E-state index in [1.165, 1.54) is 8.87 Å². The molecule has 0 aromatic carbocycles. The zero-order chi connectivity index (χ0) is 16.3. The second kappa shape index (κ2) is 12.5. The molecule has 0 spiro atoms. The normalized spacial score (nSPS) is 13.5. The molecule has 1 atom stereocenters. The molecule has 0 bridgehead atoms. The summed E-state index contributed by atoms with van der Waals surface area (Å²) in [7, 11) is 0. The summed E-state index contributed by atoms with van der Waals surface area (Å²) in [4.78, 5) is 12.5. The van der Waals surface area contributed by atoms with E-state index >= 15 is 0 Å². The summed E-state index contributed by atoms with van der Waals surface area (Å²) in [5.74, 6) is 0.124. The third-order valence-electron chi connectivity index (χ3n) is 4.22. The summed E-state index contributed by atoms with van der Waals surface area (Å²) < 4.78 is 17.0. The van der Waals surface area contributed by atoms with E-state index in [9.17, 15) is 4.79 Å². The summed E-state index contributed by atoms with van der Waals surface area (Å²) in [6.07, 6.45) is 4.11. The third kappa shape index (κ3) is 7.91. The van der Waals surface area contributed by atoms with Gasteiger partial charge in [-0.2, -0.15) is 0 Å². The second-order valence-electron chi connectivity index (χ2n) is 5.63. The van der Waals surface area contributed by atoms with Crippen molar-refractivity contribution in [2.75, 3.05) is 0 Å². The molecular formula is C16H35O3Sn2. The van der Waals surface area contributed by atoms with Crippen LogP contribution in [-0.4, -0.2) is 45.3 Å². The van der Waals surface area contributed by atoms with Crippen molar-refractivity contribution in [1.82, 2.24) is 0 Å². The number of carbonyl (C=O) groups is 1. The van der Waals surface area contributed by atoms with Crippen LogP contribution in [0, 0.1) is 5.92 Å². The number of carbonyl (C=O) groups excluding carboxylic acids is 1. The van der Waals surface area contributed by atoms with Crippen molar-refractivity contribution < 1.29 is 9.28 Å². The van der Waals surface area contributed by atoms with Gasteiger partial charge >= 0.3 is 146 Å². The van der Waals surface area contributed by atoms with Crippen LogP contribution in [0.1, 0.15) is 67.2 Å². The van der Waals surface area contributed by atoms with E-state index in [4.69, 9.17) is 4.49 Å². The Morgan fingerprint density at radius 3 is 2.00 bits per heavy atom. The summed E-state index contributed by atoms with van der Waals surface area (Å²) >= 11 is -4.87. The molecule has 0 saturated carbocycles. The van der Waals surface area contributed by atoms with Gasteiger partial charge in [-0.15, -0.1) is 0 Å². The van der Waals surface area contributed by atoms with Crippen molar-refractivity contribution in [3.63, 3.8) is 0 Å². The first-order valence-corrected chi connectivity index (χ1v) is 20.4. The molecular weight excluding hydrogens is 478 g/mol. The molecule has 0 amide bonds. The van der Waals surface area contributed by atoms with Crippen molar-refractivity contribution >= 4 is 45.3 Å². The number of unbranched alkanes of at least 4 members (excludes halogenated alkanes) is 1. The molecule has 125 valence electrons. The Morgan fingerprint density at radius 2 is 1.62 bits per heavy atom. The molecule has 21 heavy (non-hydrogen) atoms. The first-order chi connectivity index (χ1) is 10.0. The number of hydrogen-bond acceptors (Lipinski definition) is 3. The summed E-state index contributed by atoms with van der Waals surface area (Å²) in [5.41, 5.74) is 0. The van der Waals surface area contributed by atoms with Crippen LogP contribution in [0.25, 0.3) is 0 Å². The van der Waals surface area contributed by atoms with E-state index in [1.54, 1.807) is 0 Å². The zero-order valence-corrected chi connectivity index (χ0v) is 20.7. The maximum atomic E-state index is 12.5. The van der Waals surface area contributed by atoms with Crippen LogP contribution in [0.15, 0.2) is 0 Å². The van der Waals surface area contributed by atoms with Gasteiger partial charge in [-0.3, -0.25) is 0 Å². The van der Waals surface area contributed by atoms with Crippen LogP contribution >= 0.6 is 0 Å². The molecule has 0 aromatic rings. The average Bonchev–Trinajstić information content (AvgIpc) is 2.52. The van der Waals surface area contributed by atoms with Crippen LogP contribution in [0.5, 0.6) is 0 Å². The number of rotatable bonds is 12. The minimum absolute atomic E-state index is 0.0420. The van der Waals surface area contributed by atoms with E-state index in [1.807, 2.05) is 0 Å². The van der Waals surface area contributed by atoms with E-state index in [0.29, 0.717) is 0 Å². The molecule has 1 unspecified atom stereocenters. The Balaban J connectivity index is 4.83. The molecule has 0 aliphatic heterocycles. The van der Waals surface area contributed by atoms with Crippen LogP contribution in [0.3, 0.4) is 0 Å². The van der Waals surface area contributed by atoms with E-state index < -0.39 is 39.4 Å². The topological polar surface area (TPSA) is 35.5 Å². The quantitative estimate of drug-likeness (QED) is 0.334. The molecule has 0 saturated heterocycles. The molecule has 0 heterocycles. The van der Waals surface area contributed by atoms with Gasteiger partial charge in [0.1, 0.15) is 0 Å². The van der Waals surface area contributed by atoms with Crippen LogP contribution in [0.2, 0.25) is 17.7 Å². The first kappa shape index (κ1) is 22.0. The van der Waals surface area contributed by atoms with Gasteiger partial charge in [0.05, 0.1) is 0 Å². The van der Waals surface area contributed by atoms with Crippen molar-refractivity contribution in [2.24, 2.45) is 5.92 Å². The summed E-state index contributed by atoms with van der Waals surface area (Å²) in [6, 6.07) is 0. The predicted molar refractivity (Wildman–Crippen MR) is 93.9 cm³/mol. The van der Waals surface area contributed by atoms with Crippen molar-refractivity contribution in [3.8, 4) is 0 Å². The standard InChI is InChI=1S/C8H16O2.4C2H5.O.2Sn/c1-3-5-6-7(4-2)8(9)10;4*1-2;;;/h7H,3-6H2,1-2H3,(H,9,10);4*1H2,2H3;;;/q;;;;;;;+1/p-1. The minimum atomic E-state index is -3.13. The Morgan fingerprint density at radius 1 is 1.05 bits per heavy atom. The van der Waals surface area contributed by atoms with Crippen molar-refractivity contribution in [3.05, 3.63) is 0 Å². The number of hydrogen-bond donors (Lipinski definition) is 0. The van der Waals surface area contributed by atoms with E-state index in [2.05, 4.69) is 41.5 Å². The van der Waals surface area contributed by atoms with Gasteiger partial charge in [-0.1, -0.05) is 0 Å². The summed E-state index contributed by atoms with van der Waals surface area (Å²) in [5, 5.41) is 0. The third-order valence-corrected chi connectivity index (χ3v) is 31.0. The average molecular weight is 513 g/mol. The van der Waals surface area contributed by atoms with Gasteiger partial charge < -0.3 is 0 Å². The fraction of sp³-hybridized carbons (Fsp3) is 0.938. The van der Waals surface area contributed by atoms with Crippen molar-refractivity contribution in [2.45, 2.75) is 85.0 Å². The molecule has 0 rings (SSSR count). The van der Waals surface area contributed by atoms with Crippen LogP contribution in [0.4, 0.5) is 0 Å². The van der Waals surface area contributed by atoms with E-state index in [0.717, 1.165) is 34.6 Å². The van der Waals surface area contributed by atoms with Crippen LogP contribution < -0.4 is 0 Å². The Kier molecular flexibility index (Phi) is 13.1. The SMILES string of the molecule is CCCCC(CC)C(=O)[O][Sn]([CH2]C)([CH2]C)[O][Sn]([CH2]C)[CH2]C.